The molecule has 1 aliphatic rings. The number of hydrogen-bond donors (Lipinski definition) is 0. The Hall–Kier alpha value is -7.09. The highest BCUT2D eigenvalue weighted by molar-refractivity contribution is 7.21. The number of rotatable bonds is 6. The second kappa shape index (κ2) is 13.0. The van der Waals surface area contributed by atoms with Gasteiger partial charge in [-0.2, -0.15) is 0 Å². The van der Waals surface area contributed by atoms with Crippen molar-refractivity contribution in [1.29, 1.82) is 0 Å². The van der Waals surface area contributed by atoms with Gasteiger partial charge >= 0.3 is 0 Å². The van der Waals surface area contributed by atoms with Gasteiger partial charge in [-0.25, -0.2) is 14.4 Å². The Kier molecular flexibility index (Phi) is 7.59. The fraction of sp³-hybridized carbons (Fsp3) is 0.0400. The van der Waals surface area contributed by atoms with E-state index in [1.165, 1.54) is 20.7 Å². The molecule has 0 fully saturated rings. The molecule has 11 rings (SSSR count). The molecule has 0 saturated carbocycles. The van der Waals surface area contributed by atoms with Gasteiger partial charge in [0.2, 0.25) is 0 Å². The first-order valence-corrected chi connectivity index (χ1v) is 21.2. The molecule has 0 amide bonds. The van der Waals surface area contributed by atoms with Crippen LogP contribution < -0.4 is 25.5 Å². The molecule has 0 N–H and O–H groups in total. The average Bonchev–Trinajstić information content (AvgIpc) is 3.80. The molecular formula is C50H35FN4OSi. The lowest BCUT2D eigenvalue weighted by Crippen LogP contribution is -2.76. The van der Waals surface area contributed by atoms with Gasteiger partial charge < -0.3 is 9.30 Å². The summed E-state index contributed by atoms with van der Waals surface area (Å²) >= 11 is 0. The minimum atomic E-state index is -3.00. The normalized spacial score (nSPS) is 13.6. The van der Waals surface area contributed by atoms with Gasteiger partial charge in [0, 0.05) is 40.5 Å². The van der Waals surface area contributed by atoms with Crippen molar-refractivity contribution in [2.24, 2.45) is 7.05 Å². The molecule has 5 nitrogen and oxygen atoms in total. The fourth-order valence-electron chi connectivity index (χ4n) is 9.15. The minimum Gasteiger partial charge on any atom is -0.458 e. The summed E-state index contributed by atoms with van der Waals surface area (Å²) in [5.41, 5.74) is 6.59. The van der Waals surface area contributed by atoms with Gasteiger partial charge in [-0.15, -0.1) is 0 Å². The number of hydrogen-bond acceptors (Lipinski definition) is 3. The molecule has 1 atom stereocenters. The molecule has 0 aliphatic carbocycles. The zero-order valence-corrected chi connectivity index (χ0v) is 32.1. The molecule has 7 heteroatoms. The van der Waals surface area contributed by atoms with Crippen LogP contribution in [0.2, 0.25) is 0 Å². The van der Waals surface area contributed by atoms with E-state index in [0.29, 0.717) is 11.1 Å². The maximum absolute atomic E-state index is 16.9. The molecular weight excluding hydrogens is 720 g/mol. The van der Waals surface area contributed by atoms with E-state index >= 15 is 4.39 Å². The second-order valence-corrected chi connectivity index (χ2v) is 18.4. The van der Waals surface area contributed by atoms with Crippen molar-refractivity contribution in [2.45, 2.75) is 6.17 Å². The van der Waals surface area contributed by atoms with Crippen LogP contribution in [0.1, 0.15) is 17.3 Å². The van der Waals surface area contributed by atoms with Gasteiger partial charge in [0.25, 0.3) is 0 Å². The molecule has 1 aliphatic heterocycles. The molecule has 272 valence electrons. The van der Waals surface area contributed by atoms with Crippen LogP contribution in [0.4, 0.5) is 4.39 Å². The van der Waals surface area contributed by atoms with E-state index in [1.54, 1.807) is 0 Å². The molecule has 1 unspecified atom stereocenters. The van der Waals surface area contributed by atoms with Gasteiger partial charge in [-0.05, 0) is 87.4 Å². The van der Waals surface area contributed by atoms with E-state index in [4.69, 9.17) is 14.7 Å². The Bertz CT molecular complexity index is 3120. The van der Waals surface area contributed by atoms with Gasteiger partial charge in [0.1, 0.15) is 23.0 Å². The zero-order valence-electron chi connectivity index (χ0n) is 31.1. The van der Waals surface area contributed by atoms with Crippen LogP contribution in [0.25, 0.3) is 50.0 Å². The fourth-order valence-corrected chi connectivity index (χ4v) is 14.3. The third-order valence-electron chi connectivity index (χ3n) is 11.6. The number of ether oxygens (including phenoxy) is 1. The number of alkyl halides is 1. The van der Waals surface area contributed by atoms with Crippen LogP contribution in [-0.2, 0) is 7.05 Å². The van der Waals surface area contributed by atoms with Crippen LogP contribution in [0.3, 0.4) is 0 Å². The number of fused-ring (bicyclic) bond motifs is 7. The van der Waals surface area contributed by atoms with E-state index in [1.807, 2.05) is 86.0 Å². The largest absolute Gasteiger partial charge is 0.458 e. The van der Waals surface area contributed by atoms with Crippen molar-refractivity contribution in [1.82, 2.24) is 19.1 Å². The van der Waals surface area contributed by atoms with Crippen LogP contribution in [0.5, 0.6) is 11.5 Å². The standard InChI is InChI=1S/C50H35FN4OSi/c1-54-41-25-9-8-24-40(41)53-49(54)35-17-12-15-33(31-35)47(51)34-16-13-18-36(32-34)55-42-28-29-44-48(46(42)39-23-14-30-52-50(39)55)57(37-19-4-2-5-20-37,38-21-6-3-7-22-38)45-27-11-10-26-43(45)56-44/h2-32,47H,1H3. The predicted molar refractivity (Wildman–Crippen MR) is 231 cm³/mol. The molecule has 0 radical (unpaired) electrons. The van der Waals surface area contributed by atoms with E-state index in [-0.39, 0.29) is 0 Å². The molecule has 0 spiro atoms. The molecule has 3 aromatic heterocycles. The Labute approximate surface area is 329 Å². The summed E-state index contributed by atoms with van der Waals surface area (Å²) in [6, 6.07) is 62.3. The molecule has 57 heavy (non-hydrogen) atoms. The van der Waals surface area contributed by atoms with Crippen LogP contribution in [0, 0.1) is 0 Å². The number of nitrogens with zero attached hydrogens (tertiary/aromatic N) is 4. The Morgan fingerprint density at radius 2 is 1.32 bits per heavy atom. The maximum atomic E-state index is 16.9. The van der Waals surface area contributed by atoms with Crippen molar-refractivity contribution in [3.8, 4) is 28.6 Å². The smallest absolute Gasteiger partial charge is 0.189 e. The van der Waals surface area contributed by atoms with Gasteiger partial charge in [0.05, 0.1) is 16.6 Å². The highest BCUT2D eigenvalue weighted by atomic mass is 28.3. The molecule has 0 bridgehead atoms. The number of benzene rings is 7. The summed E-state index contributed by atoms with van der Waals surface area (Å²) in [7, 11) is -0.998. The van der Waals surface area contributed by atoms with Gasteiger partial charge in [-0.3, -0.25) is 4.57 Å². The van der Waals surface area contributed by atoms with E-state index in [9.17, 15) is 0 Å². The molecule has 4 heterocycles. The summed E-state index contributed by atoms with van der Waals surface area (Å²) in [6.07, 6.45) is 0.471. The lowest BCUT2D eigenvalue weighted by molar-refractivity contribution is 0.402. The Morgan fingerprint density at radius 3 is 2.11 bits per heavy atom. The van der Waals surface area contributed by atoms with Crippen LogP contribution in [0.15, 0.2) is 188 Å². The molecule has 10 aromatic rings. The number of aryl methyl sites for hydroxylation is 1. The average molecular weight is 755 g/mol. The van der Waals surface area contributed by atoms with Gasteiger partial charge in [0.15, 0.2) is 14.2 Å². The summed E-state index contributed by atoms with van der Waals surface area (Å²) in [5, 5.41) is 7.05. The van der Waals surface area contributed by atoms with E-state index in [0.717, 1.165) is 61.5 Å². The van der Waals surface area contributed by atoms with Crippen LogP contribution in [-0.4, -0.2) is 27.2 Å². The van der Waals surface area contributed by atoms with E-state index < -0.39 is 14.2 Å². The number of imidazole rings is 1. The highest BCUT2D eigenvalue weighted by Gasteiger charge is 2.49. The summed E-state index contributed by atoms with van der Waals surface area (Å²) in [4.78, 5) is 9.90. The minimum absolute atomic E-state index is 0.563. The summed E-state index contributed by atoms with van der Waals surface area (Å²) in [5.74, 6) is 2.53. The monoisotopic (exact) mass is 754 g/mol. The first kappa shape index (κ1) is 33.3. The number of para-hydroxylation sites is 3. The first-order valence-electron chi connectivity index (χ1n) is 19.2. The molecule has 7 aromatic carbocycles. The highest BCUT2D eigenvalue weighted by Crippen LogP contribution is 2.39. The third-order valence-corrected chi connectivity index (χ3v) is 16.5. The maximum Gasteiger partial charge on any atom is 0.189 e. The lowest BCUT2D eigenvalue weighted by atomic mass is 10.00. The van der Waals surface area contributed by atoms with Crippen molar-refractivity contribution in [2.75, 3.05) is 0 Å². The lowest BCUT2D eigenvalue weighted by Gasteiger charge is -2.40. The second-order valence-electron chi connectivity index (χ2n) is 14.7. The van der Waals surface area contributed by atoms with Gasteiger partial charge in [-0.1, -0.05) is 121 Å². The van der Waals surface area contributed by atoms with Crippen molar-refractivity contribution < 1.29 is 9.13 Å². The Morgan fingerprint density at radius 1 is 0.614 bits per heavy atom. The van der Waals surface area contributed by atoms with E-state index in [2.05, 4.69) is 118 Å². The number of aromatic nitrogens is 4. The van der Waals surface area contributed by atoms with Crippen LogP contribution >= 0.6 is 0 Å². The third kappa shape index (κ3) is 4.99. The summed E-state index contributed by atoms with van der Waals surface area (Å²) in [6.45, 7) is 0. The zero-order chi connectivity index (χ0) is 38.1. The Balaban J connectivity index is 1.12. The molecule has 0 saturated heterocycles. The summed E-state index contributed by atoms with van der Waals surface area (Å²) < 4.78 is 28.0. The van der Waals surface area contributed by atoms with Crippen molar-refractivity contribution >= 4 is 61.8 Å². The topological polar surface area (TPSA) is 44.9 Å². The predicted octanol–water partition coefficient (Wildman–Crippen LogP) is 9.27. The van der Waals surface area contributed by atoms with Crippen molar-refractivity contribution in [3.63, 3.8) is 0 Å². The first-order chi connectivity index (χ1) is 28.1. The quantitative estimate of drug-likeness (QED) is 0.159. The number of halogens is 1. The SMILES string of the molecule is Cn1c(-c2cccc(C(F)c3cccc(-n4c5ccc6c(c5c5cccnc54)[Si](c4ccccc4)(c4ccccc4)c4ccccc4O6)c3)c2)nc2ccccc21. The van der Waals surface area contributed by atoms with Crippen molar-refractivity contribution in [3.05, 3.63) is 199 Å². The number of pyridine rings is 1.